The summed E-state index contributed by atoms with van der Waals surface area (Å²) in [7, 11) is 0. The lowest BCUT2D eigenvalue weighted by Crippen LogP contribution is -2.27. The van der Waals surface area contributed by atoms with Crippen LogP contribution < -0.4 is 16.4 Å². The molecule has 1 aliphatic heterocycles. The molecule has 3 rings (SSSR count). The van der Waals surface area contributed by atoms with Crippen molar-refractivity contribution in [1.82, 2.24) is 15.3 Å². The molecule has 2 aliphatic rings. The van der Waals surface area contributed by atoms with Gasteiger partial charge in [0.1, 0.15) is 5.82 Å². The van der Waals surface area contributed by atoms with Gasteiger partial charge in [-0.3, -0.25) is 0 Å². The number of fused-ring (bicyclic) bond motifs is 1. The quantitative estimate of drug-likeness (QED) is 0.691. The number of nitrogen functional groups attached to an aromatic ring is 1. The monoisotopic (exact) mass is 219 g/mol. The molecule has 0 radical (unpaired) electrons. The molecule has 0 spiro atoms. The summed E-state index contributed by atoms with van der Waals surface area (Å²) in [5.74, 6) is 2.17. The fourth-order valence-electron chi connectivity index (χ4n) is 2.09. The van der Waals surface area contributed by atoms with Gasteiger partial charge in [-0.2, -0.15) is 4.98 Å². The van der Waals surface area contributed by atoms with E-state index >= 15 is 0 Å². The van der Waals surface area contributed by atoms with Crippen LogP contribution in [0.3, 0.4) is 0 Å². The largest absolute Gasteiger partial charge is 0.369 e. The van der Waals surface area contributed by atoms with Gasteiger partial charge in [0, 0.05) is 18.7 Å². The topological polar surface area (TPSA) is 75.9 Å². The highest BCUT2D eigenvalue weighted by atomic mass is 15.1. The van der Waals surface area contributed by atoms with Gasteiger partial charge in [-0.1, -0.05) is 0 Å². The average molecular weight is 219 g/mol. The van der Waals surface area contributed by atoms with E-state index in [4.69, 9.17) is 5.73 Å². The molecule has 1 aliphatic carbocycles. The number of nitrogens with two attached hydrogens (primary N) is 1. The summed E-state index contributed by atoms with van der Waals surface area (Å²) in [6, 6.07) is 0. The molecule has 0 saturated heterocycles. The second kappa shape index (κ2) is 3.90. The van der Waals surface area contributed by atoms with Crippen molar-refractivity contribution < 1.29 is 0 Å². The maximum absolute atomic E-state index is 5.71. The summed E-state index contributed by atoms with van der Waals surface area (Å²) in [5.41, 5.74) is 8.01. The zero-order chi connectivity index (χ0) is 11.0. The van der Waals surface area contributed by atoms with Crippen molar-refractivity contribution in [1.29, 1.82) is 0 Å². The minimum atomic E-state index is 0.376. The van der Waals surface area contributed by atoms with Crippen molar-refractivity contribution in [3.8, 4) is 0 Å². The number of rotatable bonds is 3. The van der Waals surface area contributed by atoms with Crippen molar-refractivity contribution >= 4 is 11.8 Å². The van der Waals surface area contributed by atoms with E-state index in [9.17, 15) is 0 Å². The van der Waals surface area contributed by atoms with Crippen molar-refractivity contribution in [2.45, 2.75) is 25.8 Å². The molecule has 1 aromatic rings. The predicted octanol–water partition coefficient (Wildman–Crippen LogP) is 0.526. The van der Waals surface area contributed by atoms with Crippen molar-refractivity contribution in [2.24, 2.45) is 5.92 Å². The molecule has 16 heavy (non-hydrogen) atoms. The summed E-state index contributed by atoms with van der Waals surface area (Å²) < 4.78 is 0. The molecule has 0 aromatic carbocycles. The van der Waals surface area contributed by atoms with Gasteiger partial charge in [0.2, 0.25) is 5.95 Å². The highest BCUT2D eigenvalue weighted by Gasteiger charge is 2.22. The number of hydrogen-bond acceptors (Lipinski definition) is 5. The molecular formula is C11H17N5. The van der Waals surface area contributed by atoms with Gasteiger partial charge >= 0.3 is 0 Å². The Hall–Kier alpha value is -1.36. The molecule has 1 fully saturated rings. The van der Waals surface area contributed by atoms with Crippen LogP contribution in [-0.2, 0) is 13.0 Å². The van der Waals surface area contributed by atoms with Gasteiger partial charge in [-0.05, 0) is 31.7 Å². The first kappa shape index (κ1) is 9.84. The van der Waals surface area contributed by atoms with E-state index in [1.165, 1.54) is 18.4 Å². The maximum atomic E-state index is 5.71. The summed E-state index contributed by atoms with van der Waals surface area (Å²) in [6.07, 6.45) is 3.68. The Kier molecular flexibility index (Phi) is 2.40. The van der Waals surface area contributed by atoms with Gasteiger partial charge in [-0.25, -0.2) is 4.98 Å². The maximum Gasteiger partial charge on any atom is 0.222 e. The average Bonchev–Trinajstić information content (AvgIpc) is 3.09. The number of nitrogens with zero attached hydrogens (tertiary/aromatic N) is 2. The van der Waals surface area contributed by atoms with Crippen LogP contribution in [0, 0.1) is 5.92 Å². The van der Waals surface area contributed by atoms with Gasteiger partial charge in [-0.15, -0.1) is 0 Å². The Morgan fingerprint density at radius 1 is 1.38 bits per heavy atom. The fourth-order valence-corrected chi connectivity index (χ4v) is 2.09. The molecule has 5 heteroatoms. The molecule has 1 aromatic heterocycles. The normalized spacial score (nSPS) is 19.2. The van der Waals surface area contributed by atoms with Crippen molar-refractivity contribution in [2.75, 3.05) is 24.1 Å². The molecule has 5 nitrogen and oxygen atoms in total. The third kappa shape index (κ3) is 1.95. The molecule has 0 bridgehead atoms. The van der Waals surface area contributed by atoms with Crippen LogP contribution >= 0.6 is 0 Å². The number of anilines is 2. The van der Waals surface area contributed by atoms with E-state index in [2.05, 4.69) is 20.6 Å². The highest BCUT2D eigenvalue weighted by Crippen LogP contribution is 2.29. The van der Waals surface area contributed by atoms with Crippen molar-refractivity contribution in [3.05, 3.63) is 11.3 Å². The van der Waals surface area contributed by atoms with Crippen LogP contribution in [0.5, 0.6) is 0 Å². The van der Waals surface area contributed by atoms with Crippen molar-refractivity contribution in [3.63, 3.8) is 0 Å². The third-order valence-corrected chi connectivity index (χ3v) is 3.21. The van der Waals surface area contributed by atoms with E-state index in [1.807, 2.05) is 0 Å². The molecule has 0 atom stereocenters. The first-order chi connectivity index (χ1) is 7.83. The molecule has 2 heterocycles. The minimum absolute atomic E-state index is 0.376. The predicted molar refractivity (Wildman–Crippen MR) is 63.1 cm³/mol. The Balaban J connectivity index is 1.85. The second-order valence-electron chi connectivity index (χ2n) is 4.61. The summed E-state index contributed by atoms with van der Waals surface area (Å²) in [6.45, 7) is 2.83. The molecule has 86 valence electrons. The van der Waals surface area contributed by atoms with Crippen LogP contribution in [-0.4, -0.2) is 23.1 Å². The fraction of sp³-hybridized carbons (Fsp3) is 0.636. The molecule has 1 saturated carbocycles. The summed E-state index contributed by atoms with van der Waals surface area (Å²) in [5, 5.41) is 6.72. The second-order valence-corrected chi connectivity index (χ2v) is 4.61. The lowest BCUT2D eigenvalue weighted by atomic mass is 10.1. The SMILES string of the molecule is Nc1nc2c(c(NCC3CC3)n1)CCNC2. The van der Waals surface area contributed by atoms with Crippen LogP contribution in [0.15, 0.2) is 0 Å². The minimum Gasteiger partial charge on any atom is -0.369 e. The summed E-state index contributed by atoms with van der Waals surface area (Å²) >= 11 is 0. The molecule has 0 amide bonds. The lowest BCUT2D eigenvalue weighted by Gasteiger charge is -2.19. The number of hydrogen-bond donors (Lipinski definition) is 3. The third-order valence-electron chi connectivity index (χ3n) is 3.21. The zero-order valence-electron chi connectivity index (χ0n) is 9.29. The van der Waals surface area contributed by atoms with E-state index in [0.29, 0.717) is 5.95 Å². The standard InChI is InChI=1S/C11H17N5/c12-11-15-9-6-13-4-3-8(9)10(16-11)14-5-7-1-2-7/h7,13H,1-6H2,(H3,12,14,15,16). The van der Waals surface area contributed by atoms with E-state index in [0.717, 1.165) is 43.5 Å². The highest BCUT2D eigenvalue weighted by molar-refractivity contribution is 5.50. The lowest BCUT2D eigenvalue weighted by molar-refractivity contribution is 0.625. The zero-order valence-corrected chi connectivity index (χ0v) is 9.29. The van der Waals surface area contributed by atoms with Crippen LogP contribution in [0.4, 0.5) is 11.8 Å². The molecule has 4 N–H and O–H groups in total. The van der Waals surface area contributed by atoms with Crippen LogP contribution in [0.2, 0.25) is 0 Å². The Morgan fingerprint density at radius 2 is 2.25 bits per heavy atom. The number of aromatic nitrogens is 2. The van der Waals surface area contributed by atoms with E-state index in [1.54, 1.807) is 0 Å². The Bertz CT molecular complexity index is 400. The van der Waals surface area contributed by atoms with Crippen LogP contribution in [0.1, 0.15) is 24.1 Å². The Morgan fingerprint density at radius 3 is 3.06 bits per heavy atom. The van der Waals surface area contributed by atoms with Gasteiger partial charge in [0.25, 0.3) is 0 Å². The smallest absolute Gasteiger partial charge is 0.222 e. The summed E-state index contributed by atoms with van der Waals surface area (Å²) in [4.78, 5) is 8.60. The van der Waals surface area contributed by atoms with Gasteiger partial charge in [0.15, 0.2) is 0 Å². The Labute approximate surface area is 94.9 Å². The van der Waals surface area contributed by atoms with Crippen LogP contribution in [0.25, 0.3) is 0 Å². The number of nitrogens with one attached hydrogen (secondary N) is 2. The first-order valence-electron chi connectivity index (χ1n) is 5.93. The first-order valence-corrected chi connectivity index (χ1v) is 5.93. The molecule has 0 unspecified atom stereocenters. The molecular weight excluding hydrogens is 202 g/mol. The van der Waals surface area contributed by atoms with Gasteiger partial charge < -0.3 is 16.4 Å². The van der Waals surface area contributed by atoms with E-state index < -0.39 is 0 Å². The van der Waals surface area contributed by atoms with E-state index in [-0.39, 0.29) is 0 Å². The van der Waals surface area contributed by atoms with Gasteiger partial charge in [0.05, 0.1) is 5.69 Å².